The molecule has 2 rings (SSSR count). The zero-order chi connectivity index (χ0) is 18.8. The number of rotatable bonds is 11. The lowest BCUT2D eigenvalue weighted by molar-refractivity contribution is -0.126. The van der Waals surface area contributed by atoms with Crippen molar-refractivity contribution in [3.63, 3.8) is 0 Å². The van der Waals surface area contributed by atoms with Crippen LogP contribution in [0.5, 0.6) is 0 Å². The summed E-state index contributed by atoms with van der Waals surface area (Å²) in [5, 5.41) is 0. The van der Waals surface area contributed by atoms with Gasteiger partial charge in [0, 0.05) is 18.4 Å². The third-order valence-electron chi connectivity index (χ3n) is 6.02. The minimum Gasteiger partial charge on any atom is -0.299 e. The first-order chi connectivity index (χ1) is 12.6. The molecular formula is C24H36O2. The van der Waals surface area contributed by atoms with Crippen molar-refractivity contribution in [1.29, 1.82) is 0 Å². The lowest BCUT2D eigenvalue weighted by Crippen LogP contribution is -2.38. The molecule has 1 aromatic carbocycles. The third-order valence-corrected chi connectivity index (χ3v) is 6.02. The Morgan fingerprint density at radius 1 is 0.808 bits per heavy atom. The van der Waals surface area contributed by atoms with Crippen LogP contribution in [-0.4, -0.2) is 11.6 Å². The Kier molecular flexibility index (Phi) is 8.54. The fourth-order valence-corrected chi connectivity index (χ4v) is 4.31. The number of unbranched alkanes of at least 4 members (excludes halogenated alkanes) is 4. The van der Waals surface area contributed by atoms with Gasteiger partial charge in [0.25, 0.3) is 0 Å². The maximum Gasteiger partial charge on any atom is 0.162 e. The van der Waals surface area contributed by atoms with Crippen LogP contribution in [-0.2, 0) is 10.2 Å². The lowest BCUT2D eigenvalue weighted by atomic mass is 9.65. The van der Waals surface area contributed by atoms with Gasteiger partial charge in [-0.1, -0.05) is 83.1 Å². The molecule has 0 heterocycles. The second kappa shape index (κ2) is 10.6. The van der Waals surface area contributed by atoms with Crippen LogP contribution in [0.2, 0.25) is 0 Å². The van der Waals surface area contributed by atoms with Gasteiger partial charge in [-0.15, -0.1) is 0 Å². The summed E-state index contributed by atoms with van der Waals surface area (Å²) in [5.74, 6) is 0.657. The van der Waals surface area contributed by atoms with Gasteiger partial charge in [0.15, 0.2) is 5.78 Å². The van der Waals surface area contributed by atoms with Crippen molar-refractivity contribution in [2.45, 2.75) is 103 Å². The molecule has 1 aliphatic rings. The Balaban J connectivity index is 2.12. The summed E-state index contributed by atoms with van der Waals surface area (Å²) < 4.78 is 0. The lowest BCUT2D eigenvalue weighted by Gasteiger charge is -2.36. The molecule has 0 atom stereocenters. The molecule has 0 N–H and O–H groups in total. The summed E-state index contributed by atoms with van der Waals surface area (Å²) in [6.07, 6.45) is 13.3. The van der Waals surface area contributed by atoms with Gasteiger partial charge in [-0.05, 0) is 31.2 Å². The number of Topliss-reactive ketones (excluding diaryl/α,β-unsaturated/α-hetero) is 2. The highest BCUT2D eigenvalue weighted by Crippen LogP contribution is 2.41. The number of carbonyl (C=O) groups is 2. The second-order valence-corrected chi connectivity index (χ2v) is 7.98. The zero-order valence-corrected chi connectivity index (χ0v) is 16.8. The van der Waals surface area contributed by atoms with Crippen molar-refractivity contribution in [2.24, 2.45) is 0 Å². The van der Waals surface area contributed by atoms with Crippen molar-refractivity contribution in [3.8, 4) is 0 Å². The highest BCUT2D eigenvalue weighted by atomic mass is 16.1. The van der Waals surface area contributed by atoms with E-state index in [4.69, 9.17) is 0 Å². The van der Waals surface area contributed by atoms with Crippen LogP contribution < -0.4 is 0 Å². The minimum atomic E-state index is -0.296. The second-order valence-electron chi connectivity index (χ2n) is 7.98. The average Bonchev–Trinajstić information content (AvgIpc) is 2.69. The Hall–Kier alpha value is -1.44. The van der Waals surface area contributed by atoms with E-state index in [1.165, 1.54) is 6.42 Å². The summed E-state index contributed by atoms with van der Waals surface area (Å²) in [4.78, 5) is 25.4. The highest BCUT2D eigenvalue weighted by molar-refractivity contribution is 5.96. The van der Waals surface area contributed by atoms with E-state index >= 15 is 0 Å². The molecule has 26 heavy (non-hydrogen) atoms. The topological polar surface area (TPSA) is 34.1 Å². The molecule has 0 amide bonds. The van der Waals surface area contributed by atoms with Crippen LogP contribution in [0.1, 0.15) is 113 Å². The molecule has 2 nitrogen and oxygen atoms in total. The van der Waals surface area contributed by atoms with E-state index < -0.39 is 0 Å². The Morgan fingerprint density at radius 3 is 1.96 bits per heavy atom. The maximum absolute atomic E-state index is 13.1. The number of benzene rings is 1. The molecule has 0 spiro atoms. The van der Waals surface area contributed by atoms with E-state index in [1.807, 2.05) is 12.1 Å². The fourth-order valence-electron chi connectivity index (χ4n) is 4.31. The predicted octanol–water partition coefficient (Wildman–Crippen LogP) is 6.80. The van der Waals surface area contributed by atoms with Gasteiger partial charge in [0.2, 0.25) is 0 Å². The van der Waals surface area contributed by atoms with Gasteiger partial charge in [-0.25, -0.2) is 0 Å². The third kappa shape index (κ3) is 5.28. The average molecular weight is 357 g/mol. The first-order valence-electron chi connectivity index (χ1n) is 10.8. The summed E-state index contributed by atoms with van der Waals surface area (Å²) in [5.41, 5.74) is 1.65. The van der Waals surface area contributed by atoms with Gasteiger partial charge in [-0.2, -0.15) is 0 Å². The predicted molar refractivity (Wildman–Crippen MR) is 109 cm³/mol. The first kappa shape index (κ1) is 20.9. The van der Waals surface area contributed by atoms with E-state index in [9.17, 15) is 9.59 Å². The molecule has 0 aromatic heterocycles. The molecule has 0 radical (unpaired) electrons. The van der Waals surface area contributed by atoms with E-state index in [1.54, 1.807) is 0 Å². The highest BCUT2D eigenvalue weighted by Gasteiger charge is 2.40. The standard InChI is InChI=1S/C24H36O2/c1-3-5-8-12-22(25)20-14-16-21(17-15-20)24(18-10-7-11-19-24)23(26)13-9-6-4-2/h14-17H,3-13,18-19H2,1-2H3. The molecule has 1 aromatic rings. The Morgan fingerprint density at radius 2 is 1.38 bits per heavy atom. The Labute approximate surface area is 159 Å². The molecule has 1 fully saturated rings. The molecule has 0 aliphatic heterocycles. The van der Waals surface area contributed by atoms with E-state index in [-0.39, 0.29) is 11.2 Å². The van der Waals surface area contributed by atoms with Gasteiger partial charge < -0.3 is 0 Å². The normalized spacial score (nSPS) is 16.4. The monoisotopic (exact) mass is 356 g/mol. The number of hydrogen-bond acceptors (Lipinski definition) is 2. The maximum atomic E-state index is 13.1. The molecule has 1 aliphatic carbocycles. The fraction of sp³-hybridized carbons (Fsp3) is 0.667. The van der Waals surface area contributed by atoms with Crippen LogP contribution in [0.4, 0.5) is 0 Å². The van der Waals surface area contributed by atoms with Crippen molar-refractivity contribution in [1.82, 2.24) is 0 Å². The van der Waals surface area contributed by atoms with Crippen LogP contribution >= 0.6 is 0 Å². The molecule has 2 heteroatoms. The SMILES string of the molecule is CCCCCC(=O)c1ccc(C2(C(=O)CCCCC)CCCCC2)cc1. The summed E-state index contributed by atoms with van der Waals surface area (Å²) in [7, 11) is 0. The molecule has 0 unspecified atom stereocenters. The van der Waals surface area contributed by atoms with Gasteiger partial charge >= 0.3 is 0 Å². The van der Waals surface area contributed by atoms with E-state index in [2.05, 4.69) is 26.0 Å². The molecule has 0 bridgehead atoms. The minimum absolute atomic E-state index is 0.233. The van der Waals surface area contributed by atoms with Crippen LogP contribution in [0.3, 0.4) is 0 Å². The van der Waals surface area contributed by atoms with E-state index in [0.29, 0.717) is 18.6 Å². The van der Waals surface area contributed by atoms with Gasteiger partial charge in [0.1, 0.15) is 5.78 Å². The molecule has 1 saturated carbocycles. The Bertz CT molecular complexity index is 564. The summed E-state index contributed by atoms with van der Waals surface area (Å²) in [6, 6.07) is 8.05. The van der Waals surface area contributed by atoms with Crippen molar-refractivity contribution in [3.05, 3.63) is 35.4 Å². The van der Waals surface area contributed by atoms with E-state index in [0.717, 1.165) is 75.3 Å². The van der Waals surface area contributed by atoms with Gasteiger partial charge in [-0.3, -0.25) is 9.59 Å². The summed E-state index contributed by atoms with van der Waals surface area (Å²) in [6.45, 7) is 4.33. The first-order valence-corrected chi connectivity index (χ1v) is 10.8. The van der Waals surface area contributed by atoms with Crippen LogP contribution in [0, 0.1) is 0 Å². The smallest absolute Gasteiger partial charge is 0.162 e. The van der Waals surface area contributed by atoms with Crippen molar-refractivity contribution >= 4 is 11.6 Å². The molecular weight excluding hydrogens is 320 g/mol. The van der Waals surface area contributed by atoms with Crippen LogP contribution in [0.25, 0.3) is 0 Å². The number of ketones is 2. The largest absolute Gasteiger partial charge is 0.299 e. The quantitative estimate of drug-likeness (QED) is 0.323. The zero-order valence-electron chi connectivity index (χ0n) is 16.8. The van der Waals surface area contributed by atoms with Gasteiger partial charge in [0.05, 0.1) is 5.41 Å². The van der Waals surface area contributed by atoms with Crippen LogP contribution in [0.15, 0.2) is 24.3 Å². The number of carbonyl (C=O) groups excluding carboxylic acids is 2. The van der Waals surface area contributed by atoms with Crippen molar-refractivity contribution < 1.29 is 9.59 Å². The van der Waals surface area contributed by atoms with Crippen molar-refractivity contribution in [2.75, 3.05) is 0 Å². The summed E-state index contributed by atoms with van der Waals surface area (Å²) >= 11 is 0. The number of hydrogen-bond donors (Lipinski definition) is 0. The molecule has 144 valence electrons. The molecule has 0 saturated heterocycles.